The summed E-state index contributed by atoms with van der Waals surface area (Å²) in [6.45, 7) is 3.54. The minimum Gasteiger partial charge on any atom is -0.486 e. The van der Waals surface area contributed by atoms with Gasteiger partial charge in [-0.15, -0.1) is 0 Å². The van der Waals surface area contributed by atoms with Crippen LogP contribution in [-0.4, -0.2) is 24.3 Å². The summed E-state index contributed by atoms with van der Waals surface area (Å²) >= 11 is 0. The molecule has 0 aliphatic heterocycles. The Kier molecular flexibility index (Phi) is 6.78. The van der Waals surface area contributed by atoms with E-state index in [2.05, 4.69) is 20.0 Å². The highest BCUT2D eigenvalue weighted by Crippen LogP contribution is 2.19. The number of furan rings is 1. The molecule has 180 valence electrons. The molecule has 0 saturated carbocycles. The van der Waals surface area contributed by atoms with Crippen LogP contribution in [0.3, 0.4) is 0 Å². The summed E-state index contributed by atoms with van der Waals surface area (Å²) in [7, 11) is -3.91. The normalized spacial score (nSPS) is 11.2. The first-order chi connectivity index (χ1) is 16.7. The number of nitrogens with zero attached hydrogens (tertiary/aromatic N) is 2. The average Bonchev–Trinajstić information content (AvgIpc) is 3.27. The van der Waals surface area contributed by atoms with E-state index in [0.29, 0.717) is 28.6 Å². The van der Waals surface area contributed by atoms with E-state index < -0.39 is 15.9 Å². The number of halogens is 1. The summed E-state index contributed by atoms with van der Waals surface area (Å²) in [6, 6.07) is 16.0. The van der Waals surface area contributed by atoms with Crippen LogP contribution < -0.4 is 14.8 Å². The second kappa shape index (κ2) is 9.94. The van der Waals surface area contributed by atoms with E-state index in [0.717, 1.165) is 0 Å². The number of carbonyl (C=O) groups excluding carboxylic acids is 1. The van der Waals surface area contributed by atoms with Gasteiger partial charge >= 0.3 is 0 Å². The smallest absolute Gasteiger partial charge is 0.291 e. The molecule has 0 unspecified atom stereocenters. The first kappa shape index (κ1) is 23.9. The summed E-state index contributed by atoms with van der Waals surface area (Å²) in [4.78, 5) is 20.6. The van der Waals surface area contributed by atoms with Crippen LogP contribution in [0, 0.1) is 19.7 Å². The molecule has 0 atom stereocenters. The molecule has 0 bridgehead atoms. The van der Waals surface area contributed by atoms with E-state index in [-0.39, 0.29) is 29.0 Å². The molecule has 2 N–H and O–H groups in total. The van der Waals surface area contributed by atoms with Crippen molar-refractivity contribution in [1.82, 2.24) is 9.97 Å². The number of nitrogens with one attached hydrogen (secondary N) is 2. The monoisotopic (exact) mass is 496 g/mol. The molecule has 9 nitrogen and oxygen atoms in total. The first-order valence-electron chi connectivity index (χ1n) is 10.4. The molecule has 0 spiro atoms. The molecule has 2 aromatic carbocycles. The Morgan fingerprint density at radius 3 is 2.29 bits per heavy atom. The van der Waals surface area contributed by atoms with Gasteiger partial charge in [0.1, 0.15) is 23.9 Å². The molecule has 35 heavy (non-hydrogen) atoms. The lowest BCUT2D eigenvalue weighted by Gasteiger charge is -2.09. The summed E-state index contributed by atoms with van der Waals surface area (Å²) in [5, 5.41) is 2.64. The van der Waals surface area contributed by atoms with Crippen molar-refractivity contribution >= 4 is 27.6 Å². The fourth-order valence-corrected chi connectivity index (χ4v) is 4.07. The zero-order valence-corrected chi connectivity index (χ0v) is 19.6. The van der Waals surface area contributed by atoms with Crippen LogP contribution in [0.2, 0.25) is 0 Å². The zero-order chi connectivity index (χ0) is 25.0. The Balaban J connectivity index is 1.36. The van der Waals surface area contributed by atoms with Crippen LogP contribution in [0.1, 0.15) is 27.7 Å². The molecular formula is C24H21FN4O5S. The minimum absolute atomic E-state index is 0.0167. The van der Waals surface area contributed by atoms with Crippen LogP contribution in [0.4, 0.5) is 16.0 Å². The van der Waals surface area contributed by atoms with Gasteiger partial charge in [0.2, 0.25) is 5.95 Å². The van der Waals surface area contributed by atoms with Gasteiger partial charge in [0.05, 0.1) is 4.90 Å². The van der Waals surface area contributed by atoms with Gasteiger partial charge < -0.3 is 14.5 Å². The van der Waals surface area contributed by atoms with Gasteiger partial charge in [-0.1, -0.05) is 0 Å². The standard InChI is InChI=1S/C24H21FN4O5S/c1-15-13-16(2)27-24(26-15)29-35(31,32)21-10-5-18(6-11-21)28-23(30)22-12-9-20(34-22)14-33-19-7-3-17(25)4-8-19/h3-13H,14H2,1-2H3,(H,28,30)(H,26,27,29). The number of anilines is 2. The summed E-state index contributed by atoms with van der Waals surface area (Å²) < 4.78 is 51.6. The van der Waals surface area contributed by atoms with Gasteiger partial charge in [0.25, 0.3) is 15.9 Å². The Morgan fingerprint density at radius 2 is 1.63 bits per heavy atom. The second-order valence-electron chi connectivity index (χ2n) is 7.57. The van der Waals surface area contributed by atoms with Gasteiger partial charge in [-0.3, -0.25) is 4.79 Å². The third-order valence-corrected chi connectivity index (χ3v) is 6.05. The minimum atomic E-state index is -3.91. The van der Waals surface area contributed by atoms with Crippen LogP contribution in [-0.2, 0) is 16.6 Å². The van der Waals surface area contributed by atoms with Crippen molar-refractivity contribution in [3.63, 3.8) is 0 Å². The third kappa shape index (κ3) is 6.21. The molecule has 0 saturated heterocycles. The lowest BCUT2D eigenvalue weighted by molar-refractivity contribution is 0.0992. The quantitative estimate of drug-likeness (QED) is 0.369. The van der Waals surface area contributed by atoms with Crippen LogP contribution in [0.15, 0.2) is 76.0 Å². The number of hydrogen-bond donors (Lipinski definition) is 2. The molecule has 0 aliphatic rings. The first-order valence-corrected chi connectivity index (χ1v) is 11.9. The van der Waals surface area contributed by atoms with Crippen LogP contribution in [0.25, 0.3) is 0 Å². The molecule has 4 rings (SSSR count). The highest BCUT2D eigenvalue weighted by atomic mass is 32.2. The molecular weight excluding hydrogens is 475 g/mol. The van der Waals surface area contributed by atoms with Crippen molar-refractivity contribution in [1.29, 1.82) is 0 Å². The Bertz CT molecular complexity index is 1430. The number of sulfonamides is 1. The number of carbonyl (C=O) groups is 1. The van der Waals surface area contributed by atoms with E-state index in [1.165, 1.54) is 54.6 Å². The second-order valence-corrected chi connectivity index (χ2v) is 9.25. The highest BCUT2D eigenvalue weighted by Gasteiger charge is 2.17. The van der Waals surface area contributed by atoms with Crippen molar-refractivity contribution in [3.05, 3.63) is 95.5 Å². The highest BCUT2D eigenvalue weighted by molar-refractivity contribution is 7.92. The number of benzene rings is 2. The third-order valence-electron chi connectivity index (χ3n) is 4.71. The molecule has 1 amide bonds. The summed E-state index contributed by atoms with van der Waals surface area (Å²) in [5.74, 6) is 0.00921. The van der Waals surface area contributed by atoms with Gasteiger partial charge in [-0.05, 0) is 80.6 Å². The largest absolute Gasteiger partial charge is 0.486 e. The molecule has 4 aromatic rings. The number of hydrogen-bond acceptors (Lipinski definition) is 7. The van der Waals surface area contributed by atoms with E-state index in [9.17, 15) is 17.6 Å². The fourth-order valence-electron chi connectivity index (χ4n) is 3.12. The van der Waals surface area contributed by atoms with Gasteiger partial charge in [0.15, 0.2) is 5.76 Å². The predicted octanol–water partition coefficient (Wildman–Crippen LogP) is 4.46. The van der Waals surface area contributed by atoms with Crippen molar-refractivity contribution in [3.8, 4) is 5.75 Å². The van der Waals surface area contributed by atoms with E-state index in [4.69, 9.17) is 9.15 Å². The molecule has 11 heteroatoms. The lowest BCUT2D eigenvalue weighted by Crippen LogP contribution is -2.16. The Labute approximate surface area is 201 Å². The number of ether oxygens (including phenoxy) is 1. The van der Waals surface area contributed by atoms with Gasteiger partial charge in [-0.25, -0.2) is 27.5 Å². The van der Waals surface area contributed by atoms with Crippen LogP contribution in [0.5, 0.6) is 5.75 Å². The SMILES string of the molecule is Cc1cc(C)nc(NS(=O)(=O)c2ccc(NC(=O)c3ccc(COc4ccc(F)cc4)o3)cc2)n1. The van der Waals surface area contributed by atoms with Gasteiger partial charge in [0, 0.05) is 17.1 Å². The Morgan fingerprint density at radius 1 is 0.971 bits per heavy atom. The van der Waals surface area contributed by atoms with Crippen molar-refractivity contribution < 1.29 is 26.8 Å². The summed E-state index contributed by atoms with van der Waals surface area (Å²) in [6.07, 6.45) is 0. The van der Waals surface area contributed by atoms with Crippen molar-refractivity contribution in [2.45, 2.75) is 25.3 Å². The zero-order valence-electron chi connectivity index (χ0n) is 18.8. The maximum Gasteiger partial charge on any atom is 0.291 e. The Hall–Kier alpha value is -4.25. The molecule has 0 aliphatic carbocycles. The van der Waals surface area contributed by atoms with Crippen molar-refractivity contribution in [2.24, 2.45) is 0 Å². The van der Waals surface area contributed by atoms with E-state index in [1.807, 2.05) is 0 Å². The molecule has 2 heterocycles. The average molecular weight is 497 g/mol. The number of aromatic nitrogens is 2. The lowest BCUT2D eigenvalue weighted by atomic mass is 10.3. The number of amides is 1. The molecule has 0 radical (unpaired) electrons. The number of aryl methyl sites for hydroxylation is 2. The van der Waals surface area contributed by atoms with Crippen LogP contribution >= 0.6 is 0 Å². The topological polar surface area (TPSA) is 123 Å². The number of rotatable bonds is 8. The van der Waals surface area contributed by atoms with Gasteiger partial charge in [-0.2, -0.15) is 0 Å². The van der Waals surface area contributed by atoms with Crippen molar-refractivity contribution in [2.75, 3.05) is 10.0 Å². The maximum atomic E-state index is 13.0. The maximum absolute atomic E-state index is 13.0. The predicted molar refractivity (Wildman–Crippen MR) is 126 cm³/mol. The molecule has 0 fully saturated rings. The summed E-state index contributed by atoms with van der Waals surface area (Å²) in [5.41, 5.74) is 1.64. The van der Waals surface area contributed by atoms with E-state index >= 15 is 0 Å². The van der Waals surface area contributed by atoms with E-state index in [1.54, 1.807) is 26.0 Å². The molecule has 2 aromatic heterocycles. The fraction of sp³-hybridized carbons (Fsp3) is 0.125.